The van der Waals surface area contributed by atoms with Crippen molar-refractivity contribution < 1.29 is 14.4 Å². The summed E-state index contributed by atoms with van der Waals surface area (Å²) < 4.78 is 0. The SMILES string of the molecule is Cc1ccc(C(=O)N2CCC(NC(=O)N3CCC(C(=O)N4CCc5ccccc54)CC3)CC2)cc1. The Morgan fingerprint density at radius 1 is 0.800 bits per heavy atom. The zero-order valence-corrected chi connectivity index (χ0v) is 20.4. The number of carbonyl (C=O) groups is 3. The molecule has 2 fully saturated rings. The van der Waals surface area contributed by atoms with Gasteiger partial charge in [-0.25, -0.2) is 4.79 Å². The average molecular weight is 475 g/mol. The Hall–Kier alpha value is -3.35. The number of likely N-dealkylation sites (tertiary alicyclic amines) is 2. The van der Waals surface area contributed by atoms with E-state index in [0.717, 1.165) is 37.1 Å². The van der Waals surface area contributed by atoms with Gasteiger partial charge in [-0.05, 0) is 62.8 Å². The number of para-hydroxylation sites is 1. The molecule has 0 unspecified atom stereocenters. The second-order valence-corrected chi connectivity index (χ2v) is 10.0. The van der Waals surface area contributed by atoms with Crippen molar-refractivity contribution in [1.29, 1.82) is 0 Å². The normalized spacial score (nSPS) is 18.9. The fraction of sp³-hybridized carbons (Fsp3) is 0.464. The van der Waals surface area contributed by atoms with Gasteiger partial charge in [0.15, 0.2) is 0 Å². The highest BCUT2D eigenvalue weighted by atomic mass is 16.2. The standard InChI is InChI=1S/C28H34N4O3/c1-20-6-8-22(9-7-20)26(33)30-17-13-24(14-18-30)29-28(35)31-15-10-23(11-16-31)27(34)32-19-12-21-4-2-3-5-25(21)32/h2-9,23-24H,10-19H2,1H3,(H,29,35). The number of benzene rings is 2. The van der Waals surface area contributed by atoms with Crippen molar-refractivity contribution in [3.8, 4) is 0 Å². The fourth-order valence-electron chi connectivity index (χ4n) is 5.49. The molecule has 1 N–H and O–H groups in total. The third kappa shape index (κ3) is 5.04. The number of amides is 4. The number of urea groups is 1. The third-order valence-corrected chi connectivity index (χ3v) is 7.69. The molecule has 3 aliphatic heterocycles. The number of aryl methyl sites for hydroxylation is 1. The van der Waals surface area contributed by atoms with Crippen LogP contribution in [0.25, 0.3) is 0 Å². The second-order valence-electron chi connectivity index (χ2n) is 10.0. The Labute approximate surface area is 207 Å². The van der Waals surface area contributed by atoms with E-state index in [-0.39, 0.29) is 29.8 Å². The number of hydrogen-bond donors (Lipinski definition) is 1. The lowest BCUT2D eigenvalue weighted by Gasteiger charge is -2.36. The number of rotatable bonds is 3. The van der Waals surface area contributed by atoms with E-state index in [1.54, 1.807) is 0 Å². The number of carbonyl (C=O) groups excluding carboxylic acids is 3. The molecule has 0 saturated carbocycles. The fourth-order valence-corrected chi connectivity index (χ4v) is 5.49. The summed E-state index contributed by atoms with van der Waals surface area (Å²) in [5, 5.41) is 3.16. The van der Waals surface area contributed by atoms with Crippen molar-refractivity contribution in [1.82, 2.24) is 15.1 Å². The Kier molecular flexibility index (Phi) is 6.75. The molecule has 3 heterocycles. The molecule has 3 aliphatic rings. The van der Waals surface area contributed by atoms with Crippen LogP contribution in [0.4, 0.5) is 10.5 Å². The zero-order valence-electron chi connectivity index (χ0n) is 20.4. The van der Waals surface area contributed by atoms with Gasteiger partial charge in [0, 0.05) is 55.9 Å². The summed E-state index contributed by atoms with van der Waals surface area (Å²) in [6.07, 6.45) is 3.83. The largest absolute Gasteiger partial charge is 0.338 e. The van der Waals surface area contributed by atoms with E-state index in [1.807, 2.05) is 64.1 Å². The van der Waals surface area contributed by atoms with E-state index in [2.05, 4.69) is 11.4 Å². The van der Waals surface area contributed by atoms with Gasteiger partial charge in [-0.2, -0.15) is 0 Å². The molecular weight excluding hydrogens is 440 g/mol. The molecule has 0 bridgehead atoms. The second kappa shape index (κ2) is 10.1. The Balaban J connectivity index is 1.07. The lowest BCUT2D eigenvalue weighted by Crippen LogP contribution is -2.52. The van der Waals surface area contributed by atoms with Gasteiger partial charge in [0.25, 0.3) is 5.91 Å². The van der Waals surface area contributed by atoms with Gasteiger partial charge >= 0.3 is 6.03 Å². The molecule has 35 heavy (non-hydrogen) atoms. The average Bonchev–Trinajstić information content (AvgIpc) is 3.33. The Morgan fingerprint density at radius 2 is 1.46 bits per heavy atom. The minimum atomic E-state index is -0.0503. The highest BCUT2D eigenvalue weighted by Crippen LogP contribution is 2.31. The van der Waals surface area contributed by atoms with Gasteiger partial charge in [0.1, 0.15) is 0 Å². The molecule has 0 spiro atoms. The maximum atomic E-state index is 13.1. The quantitative estimate of drug-likeness (QED) is 0.739. The first-order valence-electron chi connectivity index (χ1n) is 12.8. The van der Waals surface area contributed by atoms with Crippen LogP contribution in [-0.2, 0) is 11.2 Å². The van der Waals surface area contributed by atoms with Gasteiger partial charge in [0.2, 0.25) is 5.91 Å². The van der Waals surface area contributed by atoms with E-state index < -0.39 is 0 Å². The maximum absolute atomic E-state index is 13.1. The molecule has 2 aromatic rings. The summed E-state index contributed by atoms with van der Waals surface area (Å²) in [4.78, 5) is 44.4. The van der Waals surface area contributed by atoms with Crippen LogP contribution in [0, 0.1) is 12.8 Å². The molecule has 7 heteroatoms. The van der Waals surface area contributed by atoms with Gasteiger partial charge in [-0.15, -0.1) is 0 Å². The zero-order chi connectivity index (χ0) is 24.4. The highest BCUT2D eigenvalue weighted by molar-refractivity contribution is 5.97. The number of nitrogens with one attached hydrogen (secondary N) is 1. The first kappa shape index (κ1) is 23.4. The smallest absolute Gasteiger partial charge is 0.317 e. The van der Waals surface area contributed by atoms with E-state index in [1.165, 1.54) is 5.56 Å². The van der Waals surface area contributed by atoms with Gasteiger partial charge in [0.05, 0.1) is 0 Å². The number of nitrogens with zero attached hydrogens (tertiary/aromatic N) is 3. The lowest BCUT2D eigenvalue weighted by molar-refractivity contribution is -0.123. The first-order chi connectivity index (χ1) is 17.0. The third-order valence-electron chi connectivity index (χ3n) is 7.69. The molecule has 2 saturated heterocycles. The number of piperidine rings is 2. The minimum absolute atomic E-state index is 0.0266. The molecule has 5 rings (SSSR count). The van der Waals surface area contributed by atoms with Crippen LogP contribution in [-0.4, -0.2) is 66.4 Å². The molecule has 0 aromatic heterocycles. The van der Waals surface area contributed by atoms with E-state index in [0.29, 0.717) is 44.6 Å². The Bertz CT molecular complexity index is 1080. The van der Waals surface area contributed by atoms with Crippen molar-refractivity contribution in [2.24, 2.45) is 5.92 Å². The van der Waals surface area contributed by atoms with E-state index in [9.17, 15) is 14.4 Å². The predicted octanol–water partition coefficient (Wildman–Crippen LogP) is 3.61. The summed E-state index contributed by atoms with van der Waals surface area (Å²) in [7, 11) is 0. The number of fused-ring (bicyclic) bond motifs is 1. The Morgan fingerprint density at radius 3 is 2.17 bits per heavy atom. The topological polar surface area (TPSA) is 73.0 Å². The van der Waals surface area contributed by atoms with Gasteiger partial charge in [-0.3, -0.25) is 9.59 Å². The maximum Gasteiger partial charge on any atom is 0.317 e. The number of anilines is 1. The monoisotopic (exact) mass is 474 g/mol. The molecule has 0 radical (unpaired) electrons. The van der Waals surface area contributed by atoms with Crippen molar-refractivity contribution in [3.05, 3.63) is 65.2 Å². The van der Waals surface area contributed by atoms with Crippen LogP contribution in [0.2, 0.25) is 0 Å². The van der Waals surface area contributed by atoms with Gasteiger partial charge in [-0.1, -0.05) is 35.9 Å². The summed E-state index contributed by atoms with van der Waals surface area (Å²) in [5.74, 6) is 0.226. The molecular formula is C28H34N4O3. The molecule has 184 valence electrons. The summed E-state index contributed by atoms with van der Waals surface area (Å²) in [6, 6.07) is 15.8. The van der Waals surface area contributed by atoms with Gasteiger partial charge < -0.3 is 20.0 Å². The van der Waals surface area contributed by atoms with Crippen LogP contribution in [0.5, 0.6) is 0 Å². The van der Waals surface area contributed by atoms with Crippen LogP contribution < -0.4 is 10.2 Å². The van der Waals surface area contributed by atoms with E-state index >= 15 is 0 Å². The van der Waals surface area contributed by atoms with Crippen molar-refractivity contribution >= 4 is 23.5 Å². The molecule has 0 atom stereocenters. The molecule has 0 aliphatic carbocycles. The summed E-state index contributed by atoms with van der Waals surface area (Å²) >= 11 is 0. The van der Waals surface area contributed by atoms with Crippen LogP contribution in [0.15, 0.2) is 48.5 Å². The number of hydrogen-bond acceptors (Lipinski definition) is 3. The summed E-state index contributed by atoms with van der Waals surface area (Å²) in [5.41, 5.74) is 4.14. The summed E-state index contributed by atoms with van der Waals surface area (Å²) in [6.45, 7) is 5.25. The highest BCUT2D eigenvalue weighted by Gasteiger charge is 2.34. The lowest BCUT2D eigenvalue weighted by atomic mass is 9.95. The first-order valence-corrected chi connectivity index (χ1v) is 12.8. The van der Waals surface area contributed by atoms with Crippen molar-refractivity contribution in [2.45, 2.75) is 45.1 Å². The molecule has 2 aromatic carbocycles. The minimum Gasteiger partial charge on any atom is -0.338 e. The molecule has 4 amide bonds. The van der Waals surface area contributed by atoms with E-state index in [4.69, 9.17) is 0 Å². The predicted molar refractivity (Wildman–Crippen MR) is 135 cm³/mol. The van der Waals surface area contributed by atoms with Crippen LogP contribution in [0.3, 0.4) is 0 Å². The molecule has 7 nitrogen and oxygen atoms in total. The van der Waals surface area contributed by atoms with Crippen molar-refractivity contribution in [3.63, 3.8) is 0 Å². The van der Waals surface area contributed by atoms with Crippen LogP contribution in [0.1, 0.15) is 47.2 Å². The van der Waals surface area contributed by atoms with Crippen molar-refractivity contribution in [2.75, 3.05) is 37.6 Å². The van der Waals surface area contributed by atoms with Crippen LogP contribution >= 0.6 is 0 Å².